The highest BCUT2D eigenvalue weighted by molar-refractivity contribution is 5.96. The van der Waals surface area contributed by atoms with E-state index in [1.165, 1.54) is 0 Å². The molecule has 118 valence electrons. The summed E-state index contributed by atoms with van der Waals surface area (Å²) in [6.45, 7) is 3.77. The zero-order chi connectivity index (χ0) is 15.7. The van der Waals surface area contributed by atoms with Crippen molar-refractivity contribution in [2.45, 2.75) is 18.9 Å². The minimum absolute atomic E-state index is 0.140. The van der Waals surface area contributed by atoms with Gasteiger partial charge in [0.2, 0.25) is 5.88 Å². The minimum atomic E-state index is -0.574. The Labute approximate surface area is 128 Å². The fourth-order valence-corrected chi connectivity index (χ4v) is 3.00. The summed E-state index contributed by atoms with van der Waals surface area (Å²) < 4.78 is 10.9. The number of ether oxygens (including phenoxy) is 2. The van der Waals surface area contributed by atoms with E-state index >= 15 is 0 Å². The zero-order valence-electron chi connectivity index (χ0n) is 12.7. The summed E-state index contributed by atoms with van der Waals surface area (Å²) >= 11 is 0. The van der Waals surface area contributed by atoms with Crippen LogP contribution in [0.15, 0.2) is 18.3 Å². The summed E-state index contributed by atoms with van der Waals surface area (Å²) in [6, 6.07) is 3.42. The maximum Gasteiger partial charge on any atom is 0.410 e. The number of hydrogen-bond donors (Lipinski definition) is 0. The van der Waals surface area contributed by atoms with Crippen molar-refractivity contribution in [3.63, 3.8) is 0 Å². The molecule has 2 fully saturated rings. The average Bonchev–Trinajstić information content (AvgIpc) is 3.03. The van der Waals surface area contributed by atoms with E-state index in [0.29, 0.717) is 44.1 Å². The molecule has 2 aliphatic heterocycles. The molecule has 7 nitrogen and oxygen atoms in total. The van der Waals surface area contributed by atoms with E-state index in [2.05, 4.69) is 4.98 Å². The molecule has 0 N–H and O–H groups in total. The number of hydrogen-bond acceptors (Lipinski definition) is 5. The molecule has 0 aliphatic carbocycles. The van der Waals surface area contributed by atoms with E-state index < -0.39 is 5.60 Å². The van der Waals surface area contributed by atoms with Gasteiger partial charge < -0.3 is 19.3 Å². The molecule has 2 aliphatic rings. The highest BCUT2D eigenvalue weighted by Crippen LogP contribution is 2.33. The van der Waals surface area contributed by atoms with Crippen LogP contribution in [0.3, 0.4) is 0 Å². The first-order chi connectivity index (χ1) is 10.5. The number of carbonyl (C=O) groups excluding carboxylic acids is 2. The Morgan fingerprint density at radius 2 is 2.32 bits per heavy atom. The molecule has 0 saturated carbocycles. The minimum Gasteiger partial charge on any atom is -0.477 e. The summed E-state index contributed by atoms with van der Waals surface area (Å²) in [4.78, 5) is 31.6. The van der Waals surface area contributed by atoms with Gasteiger partial charge in [-0.1, -0.05) is 0 Å². The molecular formula is C15H19N3O4. The summed E-state index contributed by atoms with van der Waals surface area (Å²) in [7, 11) is 1.70. The van der Waals surface area contributed by atoms with Gasteiger partial charge in [-0.3, -0.25) is 4.79 Å². The van der Waals surface area contributed by atoms with Gasteiger partial charge in [0.15, 0.2) is 5.60 Å². The van der Waals surface area contributed by atoms with Crippen LogP contribution in [0.25, 0.3) is 0 Å². The SMILES string of the molecule is CCOc1ncccc1C(=O)N1CC[C@]2(CN(C)C(=O)O2)C1. The van der Waals surface area contributed by atoms with Crippen LogP contribution in [-0.2, 0) is 4.74 Å². The molecular weight excluding hydrogens is 286 g/mol. The Balaban J connectivity index is 1.76. The van der Waals surface area contributed by atoms with Gasteiger partial charge >= 0.3 is 6.09 Å². The second-order valence-electron chi connectivity index (χ2n) is 5.67. The van der Waals surface area contributed by atoms with Crippen LogP contribution >= 0.6 is 0 Å². The van der Waals surface area contributed by atoms with Gasteiger partial charge in [-0.15, -0.1) is 0 Å². The lowest BCUT2D eigenvalue weighted by molar-refractivity contribution is 0.0550. The number of rotatable bonds is 3. The second kappa shape index (κ2) is 5.47. The number of aromatic nitrogens is 1. The van der Waals surface area contributed by atoms with Gasteiger partial charge in [0.1, 0.15) is 5.56 Å². The second-order valence-corrected chi connectivity index (χ2v) is 5.67. The molecule has 0 aromatic carbocycles. The smallest absolute Gasteiger partial charge is 0.410 e. The van der Waals surface area contributed by atoms with Crippen molar-refractivity contribution >= 4 is 12.0 Å². The van der Waals surface area contributed by atoms with E-state index in [1.807, 2.05) is 6.92 Å². The normalized spacial score (nSPS) is 24.0. The Kier molecular flexibility index (Phi) is 3.64. The Morgan fingerprint density at radius 1 is 1.50 bits per heavy atom. The molecule has 1 aromatic rings. The van der Waals surface area contributed by atoms with Gasteiger partial charge in [-0.05, 0) is 19.1 Å². The van der Waals surface area contributed by atoms with Gasteiger partial charge in [-0.25, -0.2) is 9.78 Å². The highest BCUT2D eigenvalue weighted by atomic mass is 16.6. The Hall–Kier alpha value is -2.31. The molecule has 3 heterocycles. The first-order valence-electron chi connectivity index (χ1n) is 7.36. The highest BCUT2D eigenvalue weighted by Gasteiger charge is 2.49. The standard InChI is InChI=1S/C15H19N3O4/c1-3-21-12-11(5-4-7-16-12)13(19)18-8-6-15(10-18)9-17(2)14(20)22-15/h4-5,7H,3,6,8-10H2,1-2H3/t15-/m0/s1. The molecule has 7 heteroatoms. The fraction of sp³-hybridized carbons (Fsp3) is 0.533. The molecule has 2 amide bonds. The number of likely N-dealkylation sites (tertiary alicyclic amines) is 1. The average molecular weight is 305 g/mol. The van der Waals surface area contributed by atoms with Crippen LogP contribution in [0.5, 0.6) is 5.88 Å². The molecule has 0 radical (unpaired) electrons. The first-order valence-corrected chi connectivity index (χ1v) is 7.36. The van der Waals surface area contributed by atoms with Gasteiger partial charge in [-0.2, -0.15) is 0 Å². The summed E-state index contributed by atoms with van der Waals surface area (Å²) in [5, 5.41) is 0. The lowest BCUT2D eigenvalue weighted by Gasteiger charge is -2.22. The third kappa shape index (κ3) is 2.47. The number of amides is 2. The molecule has 0 unspecified atom stereocenters. The molecule has 22 heavy (non-hydrogen) atoms. The molecule has 1 spiro atoms. The largest absolute Gasteiger partial charge is 0.477 e. The summed E-state index contributed by atoms with van der Waals surface area (Å²) in [5.41, 5.74) is -0.130. The third-order valence-electron chi connectivity index (χ3n) is 4.03. The van der Waals surface area contributed by atoms with E-state index in [0.717, 1.165) is 0 Å². The van der Waals surface area contributed by atoms with Crippen molar-refractivity contribution in [1.29, 1.82) is 0 Å². The van der Waals surface area contributed by atoms with Crippen molar-refractivity contribution < 1.29 is 19.1 Å². The summed E-state index contributed by atoms with van der Waals surface area (Å²) in [6.07, 6.45) is 1.92. The van der Waals surface area contributed by atoms with Gasteiger partial charge in [0.05, 0.1) is 19.7 Å². The van der Waals surface area contributed by atoms with E-state index in [-0.39, 0.29) is 12.0 Å². The number of carbonyl (C=O) groups is 2. The van der Waals surface area contributed by atoms with E-state index in [4.69, 9.17) is 9.47 Å². The lowest BCUT2D eigenvalue weighted by atomic mass is 10.0. The van der Waals surface area contributed by atoms with Crippen molar-refractivity contribution in [3.05, 3.63) is 23.9 Å². The van der Waals surface area contributed by atoms with Crippen LogP contribution in [0.1, 0.15) is 23.7 Å². The van der Waals surface area contributed by atoms with Crippen molar-refractivity contribution in [2.24, 2.45) is 0 Å². The fourth-order valence-electron chi connectivity index (χ4n) is 3.00. The van der Waals surface area contributed by atoms with E-state index in [1.54, 1.807) is 35.2 Å². The first kappa shape index (κ1) is 14.6. The quantitative estimate of drug-likeness (QED) is 0.837. The predicted octanol–water partition coefficient (Wildman–Crippen LogP) is 1.15. The lowest BCUT2D eigenvalue weighted by Crippen LogP contribution is -2.39. The van der Waals surface area contributed by atoms with Crippen LogP contribution in [-0.4, -0.2) is 65.7 Å². The van der Waals surface area contributed by atoms with Crippen LogP contribution < -0.4 is 4.74 Å². The van der Waals surface area contributed by atoms with Crippen molar-refractivity contribution in [2.75, 3.05) is 33.3 Å². The van der Waals surface area contributed by atoms with Crippen LogP contribution in [0, 0.1) is 0 Å². The predicted molar refractivity (Wildman–Crippen MR) is 77.8 cm³/mol. The van der Waals surface area contributed by atoms with Gasteiger partial charge in [0, 0.05) is 26.2 Å². The zero-order valence-corrected chi connectivity index (χ0v) is 12.7. The molecule has 1 atom stereocenters. The Morgan fingerprint density at radius 3 is 3.00 bits per heavy atom. The summed E-state index contributed by atoms with van der Waals surface area (Å²) in [5.74, 6) is 0.204. The third-order valence-corrected chi connectivity index (χ3v) is 4.03. The molecule has 2 saturated heterocycles. The van der Waals surface area contributed by atoms with Gasteiger partial charge in [0.25, 0.3) is 5.91 Å². The van der Waals surface area contributed by atoms with E-state index in [9.17, 15) is 9.59 Å². The number of likely N-dealkylation sites (N-methyl/N-ethyl adjacent to an activating group) is 1. The van der Waals surface area contributed by atoms with Crippen LogP contribution in [0.2, 0.25) is 0 Å². The molecule has 1 aromatic heterocycles. The van der Waals surface area contributed by atoms with Crippen LogP contribution in [0.4, 0.5) is 4.79 Å². The van der Waals surface area contributed by atoms with Crippen molar-refractivity contribution in [3.8, 4) is 5.88 Å². The maximum absolute atomic E-state index is 12.7. The number of pyridine rings is 1. The topological polar surface area (TPSA) is 72.0 Å². The number of nitrogens with zero attached hydrogens (tertiary/aromatic N) is 3. The molecule has 0 bridgehead atoms. The molecule has 3 rings (SSSR count). The Bertz CT molecular complexity index is 606. The van der Waals surface area contributed by atoms with Crippen molar-refractivity contribution in [1.82, 2.24) is 14.8 Å². The monoisotopic (exact) mass is 305 g/mol. The maximum atomic E-state index is 12.7.